The predicted molar refractivity (Wildman–Crippen MR) is 52.3 cm³/mol. The first-order chi connectivity index (χ1) is 6.09. The molecule has 1 fully saturated rings. The summed E-state index contributed by atoms with van der Waals surface area (Å²) in [5.41, 5.74) is 5.43. The van der Waals surface area contributed by atoms with E-state index in [-0.39, 0.29) is 11.9 Å². The first kappa shape index (κ1) is 10.5. The van der Waals surface area contributed by atoms with Gasteiger partial charge in [-0.2, -0.15) is 0 Å². The lowest BCUT2D eigenvalue weighted by Crippen LogP contribution is -2.40. The van der Waals surface area contributed by atoms with Gasteiger partial charge in [-0.3, -0.25) is 4.79 Å². The fourth-order valence-corrected chi connectivity index (χ4v) is 1.60. The maximum absolute atomic E-state index is 11.1. The Labute approximate surface area is 79.5 Å². The number of nitrogens with zero attached hydrogens (tertiary/aromatic N) is 1. The molecule has 0 bridgehead atoms. The maximum atomic E-state index is 11.1. The Morgan fingerprint density at radius 2 is 2.46 bits per heavy atom. The molecule has 2 unspecified atom stereocenters. The van der Waals surface area contributed by atoms with Crippen LogP contribution in [0.15, 0.2) is 0 Å². The molecule has 76 valence electrons. The molecule has 4 heteroatoms. The van der Waals surface area contributed by atoms with Crippen LogP contribution in [0.5, 0.6) is 0 Å². The lowest BCUT2D eigenvalue weighted by Gasteiger charge is -2.12. The van der Waals surface area contributed by atoms with E-state index in [1.165, 1.54) is 6.42 Å². The number of carbonyl (C=O) groups is 1. The van der Waals surface area contributed by atoms with Crippen molar-refractivity contribution in [3.05, 3.63) is 0 Å². The van der Waals surface area contributed by atoms with Gasteiger partial charge in [0.05, 0.1) is 6.04 Å². The van der Waals surface area contributed by atoms with Crippen LogP contribution in [-0.2, 0) is 4.79 Å². The van der Waals surface area contributed by atoms with Crippen molar-refractivity contribution in [1.82, 2.24) is 10.2 Å². The topological polar surface area (TPSA) is 58.4 Å². The van der Waals surface area contributed by atoms with E-state index in [9.17, 15) is 4.79 Å². The van der Waals surface area contributed by atoms with Gasteiger partial charge in [0.25, 0.3) is 0 Å². The second-order valence-corrected chi connectivity index (χ2v) is 3.95. The van der Waals surface area contributed by atoms with Gasteiger partial charge in [-0.05, 0) is 32.9 Å². The average Bonchev–Trinajstić information content (AvgIpc) is 2.47. The minimum atomic E-state index is -0.390. The van der Waals surface area contributed by atoms with Crippen LogP contribution in [0.4, 0.5) is 0 Å². The van der Waals surface area contributed by atoms with E-state index in [4.69, 9.17) is 5.73 Å². The normalized spacial score (nSPS) is 25.9. The highest BCUT2D eigenvalue weighted by Crippen LogP contribution is 2.12. The Morgan fingerprint density at radius 1 is 1.77 bits per heavy atom. The molecular formula is C9H19N3O. The summed E-state index contributed by atoms with van der Waals surface area (Å²) < 4.78 is 0. The zero-order chi connectivity index (χ0) is 9.84. The van der Waals surface area contributed by atoms with E-state index in [2.05, 4.69) is 17.3 Å². The largest absolute Gasteiger partial charge is 0.354 e. The second kappa shape index (κ2) is 4.58. The summed E-state index contributed by atoms with van der Waals surface area (Å²) in [4.78, 5) is 13.4. The van der Waals surface area contributed by atoms with Gasteiger partial charge < -0.3 is 16.0 Å². The second-order valence-electron chi connectivity index (χ2n) is 3.95. The van der Waals surface area contributed by atoms with Crippen LogP contribution in [0.1, 0.15) is 13.3 Å². The summed E-state index contributed by atoms with van der Waals surface area (Å²) in [7, 11) is 2.10. The minimum Gasteiger partial charge on any atom is -0.354 e. The zero-order valence-corrected chi connectivity index (χ0v) is 8.42. The summed E-state index contributed by atoms with van der Waals surface area (Å²) in [6, 6.07) is -0.390. The van der Waals surface area contributed by atoms with Crippen molar-refractivity contribution in [2.24, 2.45) is 11.7 Å². The summed E-state index contributed by atoms with van der Waals surface area (Å²) in [6.07, 6.45) is 1.18. The Hall–Kier alpha value is -0.610. The average molecular weight is 185 g/mol. The molecule has 1 amide bonds. The van der Waals surface area contributed by atoms with Crippen LogP contribution in [0.25, 0.3) is 0 Å². The van der Waals surface area contributed by atoms with Crippen LogP contribution in [0.3, 0.4) is 0 Å². The number of hydrogen-bond donors (Lipinski definition) is 2. The lowest BCUT2D eigenvalue weighted by molar-refractivity contribution is -0.122. The highest BCUT2D eigenvalue weighted by Gasteiger charge is 2.20. The van der Waals surface area contributed by atoms with E-state index < -0.39 is 0 Å². The van der Waals surface area contributed by atoms with E-state index in [0.717, 1.165) is 19.6 Å². The molecule has 0 aromatic carbocycles. The predicted octanol–water partition coefficient (Wildman–Crippen LogP) is -0.598. The quantitative estimate of drug-likeness (QED) is 0.617. The van der Waals surface area contributed by atoms with Gasteiger partial charge in [0.15, 0.2) is 0 Å². The molecule has 0 aliphatic carbocycles. The van der Waals surface area contributed by atoms with Crippen molar-refractivity contribution in [2.45, 2.75) is 19.4 Å². The molecule has 4 nitrogen and oxygen atoms in total. The van der Waals surface area contributed by atoms with Crippen molar-refractivity contribution in [3.63, 3.8) is 0 Å². The molecule has 1 saturated heterocycles. The van der Waals surface area contributed by atoms with Crippen molar-refractivity contribution in [1.29, 1.82) is 0 Å². The Bertz CT molecular complexity index is 182. The third-order valence-electron chi connectivity index (χ3n) is 2.47. The fraction of sp³-hybridized carbons (Fsp3) is 0.889. The van der Waals surface area contributed by atoms with Gasteiger partial charge >= 0.3 is 0 Å². The van der Waals surface area contributed by atoms with Gasteiger partial charge in [-0.25, -0.2) is 0 Å². The van der Waals surface area contributed by atoms with Crippen LogP contribution in [0.2, 0.25) is 0 Å². The smallest absolute Gasteiger partial charge is 0.236 e. The fourth-order valence-electron chi connectivity index (χ4n) is 1.60. The van der Waals surface area contributed by atoms with Gasteiger partial charge in [0.2, 0.25) is 5.91 Å². The number of nitrogens with one attached hydrogen (secondary N) is 1. The highest BCUT2D eigenvalue weighted by atomic mass is 16.2. The minimum absolute atomic E-state index is 0.0467. The molecule has 3 N–H and O–H groups in total. The molecule has 1 rings (SSSR count). The summed E-state index contributed by atoms with van der Waals surface area (Å²) in [5.74, 6) is 0.558. The molecule has 0 saturated carbocycles. The SMILES string of the molecule is CC(N)C(=O)NCC1CCN(C)C1. The van der Waals surface area contributed by atoms with Crippen LogP contribution >= 0.6 is 0 Å². The number of carbonyl (C=O) groups excluding carboxylic acids is 1. The number of rotatable bonds is 3. The molecule has 0 spiro atoms. The number of hydrogen-bond acceptors (Lipinski definition) is 3. The molecular weight excluding hydrogens is 166 g/mol. The molecule has 0 aromatic heterocycles. The molecule has 1 aliphatic heterocycles. The standard InChI is InChI=1S/C9H19N3O/c1-7(10)9(13)11-5-8-3-4-12(2)6-8/h7-8H,3-6,10H2,1-2H3,(H,11,13). The van der Waals surface area contributed by atoms with Crippen LogP contribution in [0, 0.1) is 5.92 Å². The summed E-state index contributed by atoms with van der Waals surface area (Å²) >= 11 is 0. The molecule has 13 heavy (non-hydrogen) atoms. The molecule has 0 radical (unpaired) electrons. The summed E-state index contributed by atoms with van der Waals surface area (Å²) in [5, 5.41) is 2.85. The first-order valence-corrected chi connectivity index (χ1v) is 4.81. The van der Waals surface area contributed by atoms with Crippen LogP contribution in [-0.4, -0.2) is 43.5 Å². The van der Waals surface area contributed by atoms with Gasteiger partial charge in [-0.15, -0.1) is 0 Å². The van der Waals surface area contributed by atoms with Gasteiger partial charge in [-0.1, -0.05) is 0 Å². The maximum Gasteiger partial charge on any atom is 0.236 e. The number of nitrogens with two attached hydrogens (primary N) is 1. The third kappa shape index (κ3) is 3.32. The van der Waals surface area contributed by atoms with E-state index in [1.807, 2.05) is 0 Å². The summed E-state index contributed by atoms with van der Waals surface area (Å²) in [6.45, 7) is 4.69. The van der Waals surface area contributed by atoms with Gasteiger partial charge in [0.1, 0.15) is 0 Å². The molecule has 2 atom stereocenters. The Kier molecular flexibility index (Phi) is 3.69. The Balaban J connectivity index is 2.16. The monoisotopic (exact) mass is 185 g/mol. The molecule has 0 aromatic rings. The van der Waals surface area contributed by atoms with Crippen molar-refractivity contribution in [2.75, 3.05) is 26.7 Å². The zero-order valence-electron chi connectivity index (χ0n) is 8.42. The molecule has 1 heterocycles. The van der Waals surface area contributed by atoms with Crippen LogP contribution < -0.4 is 11.1 Å². The van der Waals surface area contributed by atoms with E-state index in [1.54, 1.807) is 6.92 Å². The van der Waals surface area contributed by atoms with Gasteiger partial charge in [0, 0.05) is 13.1 Å². The first-order valence-electron chi connectivity index (χ1n) is 4.81. The lowest BCUT2D eigenvalue weighted by atomic mass is 10.1. The Morgan fingerprint density at radius 3 is 2.92 bits per heavy atom. The highest BCUT2D eigenvalue weighted by molar-refractivity contribution is 5.80. The van der Waals surface area contributed by atoms with Crippen molar-refractivity contribution in [3.8, 4) is 0 Å². The van der Waals surface area contributed by atoms with E-state index in [0.29, 0.717) is 5.92 Å². The number of likely N-dealkylation sites (tertiary alicyclic amines) is 1. The molecule has 1 aliphatic rings. The van der Waals surface area contributed by atoms with Crippen molar-refractivity contribution >= 4 is 5.91 Å². The van der Waals surface area contributed by atoms with E-state index >= 15 is 0 Å². The third-order valence-corrected chi connectivity index (χ3v) is 2.47. The van der Waals surface area contributed by atoms with Crippen molar-refractivity contribution < 1.29 is 4.79 Å². The number of amides is 1.